The van der Waals surface area contributed by atoms with Crippen molar-refractivity contribution in [2.75, 3.05) is 6.61 Å². The molecule has 10 atom stereocenters. The second-order valence-corrected chi connectivity index (χ2v) is 13.0. The highest BCUT2D eigenvalue weighted by Gasteiger charge is 2.90. The summed E-state index contributed by atoms with van der Waals surface area (Å²) in [5, 5.41) is 0. The number of cyclic esters (lactones) is 2. The van der Waals surface area contributed by atoms with Gasteiger partial charge >= 0.3 is 17.9 Å². The maximum atomic E-state index is 13.4. The maximum Gasteiger partial charge on any atom is 0.339 e. The summed E-state index contributed by atoms with van der Waals surface area (Å²) in [7, 11) is 0. The first-order valence-corrected chi connectivity index (χ1v) is 13.3. The Morgan fingerprint density at radius 3 is 2.57 bits per heavy atom. The first-order valence-electron chi connectivity index (χ1n) is 13.3. The lowest BCUT2D eigenvalue weighted by Gasteiger charge is -2.67. The Hall–Kier alpha value is -2.39. The predicted molar refractivity (Wildman–Crippen MR) is 125 cm³/mol. The minimum atomic E-state index is -0.918. The quantitative estimate of drug-likeness (QED) is 0.332. The van der Waals surface area contributed by atoms with Crippen LogP contribution in [0.4, 0.5) is 0 Å². The van der Waals surface area contributed by atoms with Gasteiger partial charge in [-0.05, 0) is 45.1 Å². The minimum absolute atomic E-state index is 0.00121. The van der Waals surface area contributed by atoms with Gasteiger partial charge < -0.3 is 28.1 Å². The van der Waals surface area contributed by atoms with E-state index >= 15 is 0 Å². The van der Waals surface area contributed by atoms with Crippen LogP contribution in [0.25, 0.3) is 0 Å². The highest BCUT2D eigenvalue weighted by atomic mass is 16.7. The van der Waals surface area contributed by atoms with Gasteiger partial charge in [0.15, 0.2) is 6.10 Å². The van der Waals surface area contributed by atoms with Gasteiger partial charge in [-0.2, -0.15) is 0 Å². The van der Waals surface area contributed by atoms with Crippen molar-refractivity contribution in [1.82, 2.24) is 0 Å². The largest absolute Gasteiger partial charge is 0.472 e. The smallest absolute Gasteiger partial charge is 0.339 e. The molecule has 9 nitrogen and oxygen atoms in total. The summed E-state index contributed by atoms with van der Waals surface area (Å²) in [5.41, 5.74) is -2.47. The molecule has 4 aliphatic heterocycles. The molecule has 0 aromatic carbocycles. The Morgan fingerprint density at radius 2 is 1.86 bits per heavy atom. The zero-order chi connectivity index (χ0) is 26.2. The van der Waals surface area contributed by atoms with E-state index in [0.717, 1.165) is 18.4 Å². The van der Waals surface area contributed by atoms with E-state index in [0.29, 0.717) is 6.42 Å². The van der Waals surface area contributed by atoms with Crippen LogP contribution in [0, 0.1) is 28.1 Å². The van der Waals surface area contributed by atoms with Gasteiger partial charge in [0.2, 0.25) is 0 Å². The van der Waals surface area contributed by atoms with Crippen LogP contribution >= 0.6 is 0 Å². The van der Waals surface area contributed by atoms with Crippen LogP contribution in [-0.2, 0) is 38.1 Å². The average molecular weight is 515 g/mol. The summed E-state index contributed by atoms with van der Waals surface area (Å²) in [6.07, 6.45) is 3.28. The van der Waals surface area contributed by atoms with Gasteiger partial charge in [0.25, 0.3) is 0 Å². The van der Waals surface area contributed by atoms with Crippen molar-refractivity contribution < 1.29 is 42.5 Å². The number of hydrogen-bond donors (Lipinski definition) is 0. The molecule has 200 valence electrons. The Bertz CT molecular complexity index is 1190. The number of carbonyl (C=O) groups excluding carboxylic acids is 3. The molecule has 0 bridgehead atoms. The number of rotatable bonds is 2. The third kappa shape index (κ3) is 2.56. The molecule has 2 aliphatic carbocycles. The van der Waals surface area contributed by atoms with Gasteiger partial charge in [-0.15, -0.1) is 0 Å². The molecule has 5 heterocycles. The molecule has 37 heavy (non-hydrogen) atoms. The van der Waals surface area contributed by atoms with Crippen LogP contribution in [-0.4, -0.2) is 54.0 Å². The summed E-state index contributed by atoms with van der Waals surface area (Å²) in [4.78, 5) is 38.3. The van der Waals surface area contributed by atoms with Crippen LogP contribution in [0.5, 0.6) is 0 Å². The highest BCUT2D eigenvalue weighted by molar-refractivity contribution is 5.82. The number of furan rings is 1. The SMILES string of the molecule is CC(=O)O[C@@H]1C[C@H]2C(C)(C)O[C@H]3CC(=O)OC[C@]32[C@H]2CC[C@@]3(C)[C@H](c4ccoc4)OC(=O)[C@H]4O[C@]43[C@]21C. The number of esters is 3. The molecule has 1 aromatic heterocycles. The lowest BCUT2D eigenvalue weighted by molar-refractivity contribution is -0.265. The number of fused-ring (bicyclic) bond motifs is 1. The van der Waals surface area contributed by atoms with Crippen LogP contribution < -0.4 is 0 Å². The van der Waals surface area contributed by atoms with Crippen molar-refractivity contribution in [3.05, 3.63) is 24.2 Å². The summed E-state index contributed by atoms with van der Waals surface area (Å²) >= 11 is 0. The number of hydrogen-bond acceptors (Lipinski definition) is 9. The van der Waals surface area contributed by atoms with Crippen LogP contribution in [0.3, 0.4) is 0 Å². The first kappa shape index (κ1) is 23.7. The Labute approximate surface area is 215 Å². The molecule has 0 radical (unpaired) electrons. The molecule has 9 heteroatoms. The van der Waals surface area contributed by atoms with Gasteiger partial charge in [-0.3, -0.25) is 9.59 Å². The van der Waals surface area contributed by atoms with Crippen molar-refractivity contribution in [1.29, 1.82) is 0 Å². The summed E-state index contributed by atoms with van der Waals surface area (Å²) in [6.45, 7) is 10.1. The second kappa shape index (κ2) is 6.97. The van der Waals surface area contributed by atoms with E-state index in [1.165, 1.54) is 6.92 Å². The first-order chi connectivity index (χ1) is 17.4. The van der Waals surface area contributed by atoms with E-state index in [4.69, 9.17) is 28.1 Å². The Kier molecular flexibility index (Phi) is 4.47. The van der Waals surface area contributed by atoms with Gasteiger partial charge in [0, 0.05) is 34.7 Å². The second-order valence-electron chi connectivity index (χ2n) is 13.0. The molecular formula is C28H34O9. The molecular weight excluding hydrogens is 480 g/mol. The molecule has 6 aliphatic rings. The Balaban J connectivity index is 1.43. The number of carbonyl (C=O) groups is 3. The summed E-state index contributed by atoms with van der Waals surface area (Å²) in [5.74, 6) is -1.09. The normalized spacial score (nSPS) is 50.8. The van der Waals surface area contributed by atoms with Gasteiger partial charge in [0.05, 0.1) is 30.7 Å². The average Bonchev–Trinajstić information content (AvgIpc) is 3.30. The minimum Gasteiger partial charge on any atom is -0.472 e. The van der Waals surface area contributed by atoms with Crippen molar-refractivity contribution in [3.63, 3.8) is 0 Å². The van der Waals surface area contributed by atoms with E-state index in [1.54, 1.807) is 12.5 Å². The zero-order valence-electron chi connectivity index (χ0n) is 21.9. The monoisotopic (exact) mass is 514 g/mol. The molecule has 2 spiro atoms. The van der Waals surface area contributed by atoms with E-state index in [9.17, 15) is 14.4 Å². The van der Waals surface area contributed by atoms with Crippen LogP contribution in [0.2, 0.25) is 0 Å². The molecule has 0 unspecified atom stereocenters. The van der Waals surface area contributed by atoms with Crippen LogP contribution in [0.1, 0.15) is 72.0 Å². The molecule has 4 saturated heterocycles. The van der Waals surface area contributed by atoms with Gasteiger partial charge in [-0.25, -0.2) is 4.79 Å². The summed E-state index contributed by atoms with van der Waals surface area (Å²) in [6, 6.07) is 1.83. The molecule has 1 aromatic rings. The third-order valence-electron chi connectivity index (χ3n) is 11.3. The number of ether oxygens (including phenoxy) is 5. The molecule has 2 saturated carbocycles. The standard InChI is InChI=1S/C28H34O9/c1-14(29)34-18-10-17-24(2,3)36-19-11-20(30)33-13-27(17,19)16-6-8-25(4)21(15-7-9-32-12-15)35-23(31)22-28(25,37-22)26(16,18)5/h7,9,12,16-19,21-22H,6,8,10-11,13H2,1-5H3/t16-,17-,18+,19-,21-,22+,25-,26+,27+,28+/m0/s1. The molecule has 7 rings (SSSR count). The fraction of sp³-hybridized carbons (Fsp3) is 0.750. The van der Waals surface area contributed by atoms with E-state index in [1.807, 2.05) is 6.07 Å². The topological polar surface area (TPSA) is 114 Å². The molecule has 6 fully saturated rings. The van der Waals surface area contributed by atoms with Crippen LogP contribution in [0.15, 0.2) is 23.0 Å². The fourth-order valence-electron chi connectivity index (χ4n) is 9.97. The third-order valence-corrected chi connectivity index (χ3v) is 11.3. The lowest BCUT2D eigenvalue weighted by atomic mass is 9.36. The number of epoxide rings is 1. The molecule has 0 N–H and O–H groups in total. The Morgan fingerprint density at radius 1 is 1.08 bits per heavy atom. The predicted octanol–water partition coefficient (Wildman–Crippen LogP) is 3.50. The maximum absolute atomic E-state index is 13.4. The van der Waals surface area contributed by atoms with Crippen molar-refractivity contribution in [3.8, 4) is 0 Å². The van der Waals surface area contributed by atoms with Crippen molar-refractivity contribution in [2.24, 2.45) is 28.1 Å². The van der Waals surface area contributed by atoms with Gasteiger partial charge in [0.1, 0.15) is 24.4 Å². The van der Waals surface area contributed by atoms with E-state index < -0.39 is 51.7 Å². The van der Waals surface area contributed by atoms with E-state index in [2.05, 4.69) is 27.7 Å². The van der Waals surface area contributed by atoms with Gasteiger partial charge in [-0.1, -0.05) is 13.8 Å². The molecule has 0 amide bonds. The van der Waals surface area contributed by atoms with Crippen molar-refractivity contribution >= 4 is 17.9 Å². The summed E-state index contributed by atoms with van der Waals surface area (Å²) < 4.78 is 36.5. The fourth-order valence-corrected chi connectivity index (χ4v) is 9.97. The lowest BCUT2D eigenvalue weighted by Crippen LogP contribution is -2.74. The zero-order valence-corrected chi connectivity index (χ0v) is 21.9. The van der Waals surface area contributed by atoms with E-state index in [-0.39, 0.29) is 42.9 Å². The van der Waals surface area contributed by atoms with Crippen molar-refractivity contribution in [2.45, 2.75) is 95.9 Å². The highest BCUT2D eigenvalue weighted by Crippen LogP contribution is 2.80.